The zero-order valence-corrected chi connectivity index (χ0v) is 16.2. The highest BCUT2D eigenvalue weighted by Gasteiger charge is 2.40. The first kappa shape index (κ1) is 19.5. The first-order chi connectivity index (χ1) is 12.1. The van der Waals surface area contributed by atoms with E-state index in [0.29, 0.717) is 29.9 Å². The summed E-state index contributed by atoms with van der Waals surface area (Å²) >= 11 is 5.91. The number of anilines is 1. The molecule has 2 aliphatic heterocycles. The van der Waals surface area contributed by atoms with E-state index >= 15 is 0 Å². The van der Waals surface area contributed by atoms with Crippen LogP contribution in [0, 0.1) is 5.92 Å². The number of amides is 2. The summed E-state index contributed by atoms with van der Waals surface area (Å²) in [6, 6.07) is 7.15. The number of nitrogens with zero attached hydrogens (tertiary/aromatic N) is 1. The quantitative estimate of drug-likeness (QED) is 0.823. The molecule has 0 radical (unpaired) electrons. The van der Waals surface area contributed by atoms with Crippen molar-refractivity contribution in [3.63, 3.8) is 0 Å². The van der Waals surface area contributed by atoms with Crippen molar-refractivity contribution in [2.75, 3.05) is 11.4 Å². The number of halogens is 2. The molecule has 26 heavy (non-hydrogen) atoms. The van der Waals surface area contributed by atoms with Gasteiger partial charge in [0.15, 0.2) is 0 Å². The highest BCUT2D eigenvalue weighted by atomic mass is 35.5. The van der Waals surface area contributed by atoms with E-state index < -0.39 is 6.04 Å². The molecule has 4 unspecified atom stereocenters. The molecule has 2 saturated heterocycles. The summed E-state index contributed by atoms with van der Waals surface area (Å²) in [6.45, 7) is 0.620. The van der Waals surface area contributed by atoms with Gasteiger partial charge in [-0.25, -0.2) is 0 Å². The number of nitrogens with one attached hydrogen (secondary N) is 2. The van der Waals surface area contributed by atoms with Crippen molar-refractivity contribution in [1.82, 2.24) is 10.6 Å². The highest BCUT2D eigenvalue weighted by Crippen LogP contribution is 2.33. The van der Waals surface area contributed by atoms with E-state index in [0.717, 1.165) is 12.1 Å². The van der Waals surface area contributed by atoms with Crippen LogP contribution in [0.2, 0.25) is 5.02 Å². The molecule has 2 amide bonds. The van der Waals surface area contributed by atoms with Crippen LogP contribution in [-0.2, 0) is 9.59 Å². The van der Waals surface area contributed by atoms with E-state index in [-0.39, 0.29) is 30.3 Å². The van der Waals surface area contributed by atoms with Crippen LogP contribution in [0.15, 0.2) is 24.3 Å². The summed E-state index contributed by atoms with van der Waals surface area (Å²) in [5.41, 5.74) is 0.830. The van der Waals surface area contributed by atoms with Crippen LogP contribution in [0.25, 0.3) is 0 Å². The first-order valence-corrected chi connectivity index (χ1v) is 9.63. The summed E-state index contributed by atoms with van der Waals surface area (Å²) in [4.78, 5) is 27.0. The molecule has 7 heteroatoms. The number of carbonyl (C=O) groups is 2. The average Bonchev–Trinajstić information content (AvgIpc) is 3.20. The molecule has 0 aromatic heterocycles. The van der Waals surface area contributed by atoms with Gasteiger partial charge < -0.3 is 15.5 Å². The Morgan fingerprint density at radius 2 is 1.88 bits per heavy atom. The predicted octanol–water partition coefficient (Wildman–Crippen LogP) is 2.90. The van der Waals surface area contributed by atoms with Gasteiger partial charge in [0, 0.05) is 23.3 Å². The molecule has 3 fully saturated rings. The lowest BCUT2D eigenvalue weighted by molar-refractivity contribution is -0.127. The smallest absolute Gasteiger partial charge is 0.249 e. The van der Waals surface area contributed by atoms with Crippen LogP contribution in [0.4, 0.5) is 5.69 Å². The maximum absolute atomic E-state index is 12.7. The number of fused-ring (bicyclic) bond motifs is 1. The van der Waals surface area contributed by atoms with Crippen LogP contribution in [0.5, 0.6) is 0 Å². The molecular formula is C19H25Cl2N3O2. The minimum absolute atomic E-state index is 0. The van der Waals surface area contributed by atoms with Gasteiger partial charge in [0.1, 0.15) is 6.04 Å². The number of rotatable bonds is 3. The van der Waals surface area contributed by atoms with Gasteiger partial charge in [0.05, 0.1) is 6.04 Å². The largest absolute Gasteiger partial charge is 0.343 e. The molecule has 4 atom stereocenters. The van der Waals surface area contributed by atoms with Crippen molar-refractivity contribution in [3.8, 4) is 0 Å². The average molecular weight is 398 g/mol. The number of carbonyl (C=O) groups excluding carboxylic acids is 2. The zero-order chi connectivity index (χ0) is 17.4. The van der Waals surface area contributed by atoms with Crippen LogP contribution >= 0.6 is 24.0 Å². The van der Waals surface area contributed by atoms with Gasteiger partial charge in [-0.2, -0.15) is 0 Å². The summed E-state index contributed by atoms with van der Waals surface area (Å²) in [5.74, 6) is 0.561. The second-order valence-corrected chi connectivity index (χ2v) is 7.86. The minimum atomic E-state index is -0.424. The second kappa shape index (κ2) is 8.15. The summed E-state index contributed by atoms with van der Waals surface area (Å²) in [7, 11) is 0. The molecule has 4 rings (SSSR count). The molecule has 1 aliphatic carbocycles. The Bertz CT molecular complexity index is 653. The Labute approximate surface area is 165 Å². The molecule has 0 bridgehead atoms. The fourth-order valence-corrected chi connectivity index (χ4v) is 4.61. The maximum Gasteiger partial charge on any atom is 0.249 e. The molecule has 0 spiro atoms. The van der Waals surface area contributed by atoms with E-state index in [1.54, 1.807) is 17.0 Å². The van der Waals surface area contributed by atoms with Crippen molar-refractivity contribution < 1.29 is 9.59 Å². The topological polar surface area (TPSA) is 61.4 Å². The molecule has 1 aromatic rings. The van der Waals surface area contributed by atoms with Gasteiger partial charge in [0.25, 0.3) is 0 Å². The van der Waals surface area contributed by atoms with Crippen molar-refractivity contribution in [2.45, 2.75) is 56.7 Å². The molecule has 142 valence electrons. The summed E-state index contributed by atoms with van der Waals surface area (Å²) in [6.07, 6.45) is 6.45. The van der Waals surface area contributed by atoms with E-state index in [9.17, 15) is 9.59 Å². The standard InChI is InChI=1S/C19H24ClN3O2.ClH/c20-13-5-7-14(8-6-13)23-10-9-16(19(23)25)22-18(24)17-11-12-3-1-2-4-15(12)21-17;/h5-8,12,15-17,21H,1-4,9-11H2,(H,22,24);1H. The molecule has 3 aliphatic rings. The van der Waals surface area contributed by atoms with E-state index in [1.165, 1.54) is 25.7 Å². The van der Waals surface area contributed by atoms with Gasteiger partial charge in [-0.3, -0.25) is 9.59 Å². The van der Waals surface area contributed by atoms with Crippen molar-refractivity contribution >= 4 is 41.5 Å². The number of benzene rings is 1. The summed E-state index contributed by atoms with van der Waals surface area (Å²) < 4.78 is 0. The Hall–Kier alpha value is -1.30. The van der Waals surface area contributed by atoms with Crippen molar-refractivity contribution in [3.05, 3.63) is 29.3 Å². The molecule has 5 nitrogen and oxygen atoms in total. The highest BCUT2D eigenvalue weighted by molar-refractivity contribution is 6.30. The number of hydrogen-bond donors (Lipinski definition) is 2. The Morgan fingerprint density at radius 3 is 2.62 bits per heavy atom. The lowest BCUT2D eigenvalue weighted by Crippen LogP contribution is -2.49. The van der Waals surface area contributed by atoms with E-state index in [4.69, 9.17) is 11.6 Å². The molecule has 1 aromatic carbocycles. The SMILES string of the molecule is Cl.O=C(NC1CCN(c2ccc(Cl)cc2)C1=O)C1CC2CCCCC2N1. The third kappa shape index (κ3) is 3.85. The molecular weight excluding hydrogens is 373 g/mol. The number of hydrogen-bond acceptors (Lipinski definition) is 3. The van der Waals surface area contributed by atoms with Gasteiger partial charge in [-0.15, -0.1) is 12.4 Å². The fourth-order valence-electron chi connectivity index (χ4n) is 4.48. The van der Waals surface area contributed by atoms with E-state index in [2.05, 4.69) is 10.6 Å². The van der Waals surface area contributed by atoms with Gasteiger partial charge >= 0.3 is 0 Å². The van der Waals surface area contributed by atoms with Gasteiger partial charge in [-0.05, 0) is 55.9 Å². The van der Waals surface area contributed by atoms with E-state index in [1.807, 2.05) is 12.1 Å². The van der Waals surface area contributed by atoms with Crippen molar-refractivity contribution in [2.24, 2.45) is 5.92 Å². The maximum atomic E-state index is 12.7. The Kier molecular flexibility index (Phi) is 6.10. The second-order valence-electron chi connectivity index (χ2n) is 7.42. The van der Waals surface area contributed by atoms with Gasteiger partial charge in [-0.1, -0.05) is 24.4 Å². The Balaban J connectivity index is 0.00000196. The van der Waals surface area contributed by atoms with Crippen LogP contribution in [0.1, 0.15) is 38.5 Å². The normalized spacial score (nSPS) is 30.7. The molecule has 1 saturated carbocycles. The third-order valence-electron chi connectivity index (χ3n) is 5.84. The lowest BCUT2D eigenvalue weighted by atomic mass is 9.85. The fraction of sp³-hybridized carbons (Fsp3) is 0.579. The van der Waals surface area contributed by atoms with Crippen LogP contribution in [-0.4, -0.2) is 36.5 Å². The third-order valence-corrected chi connectivity index (χ3v) is 6.09. The first-order valence-electron chi connectivity index (χ1n) is 9.25. The van der Waals surface area contributed by atoms with Crippen molar-refractivity contribution in [1.29, 1.82) is 0 Å². The van der Waals surface area contributed by atoms with Crippen LogP contribution in [0.3, 0.4) is 0 Å². The lowest BCUT2D eigenvalue weighted by Gasteiger charge is -2.24. The Morgan fingerprint density at radius 1 is 1.15 bits per heavy atom. The minimum Gasteiger partial charge on any atom is -0.343 e. The van der Waals surface area contributed by atoms with Gasteiger partial charge in [0.2, 0.25) is 11.8 Å². The van der Waals surface area contributed by atoms with Crippen LogP contribution < -0.4 is 15.5 Å². The molecule has 2 N–H and O–H groups in total. The molecule has 2 heterocycles. The monoisotopic (exact) mass is 397 g/mol. The zero-order valence-electron chi connectivity index (χ0n) is 14.6. The summed E-state index contributed by atoms with van der Waals surface area (Å²) in [5, 5.41) is 7.10. The predicted molar refractivity (Wildman–Crippen MR) is 105 cm³/mol.